The highest BCUT2D eigenvalue weighted by atomic mass is 32.2. The van der Waals surface area contributed by atoms with Crippen LogP contribution in [0.15, 0.2) is 44.4 Å². The second kappa shape index (κ2) is 5.05. The molecule has 0 saturated carbocycles. The van der Waals surface area contributed by atoms with Crippen molar-refractivity contribution >= 4 is 28.7 Å². The first-order valence-corrected chi connectivity index (χ1v) is 5.92. The molecule has 0 aliphatic heterocycles. The van der Waals surface area contributed by atoms with Gasteiger partial charge in [0.15, 0.2) is 0 Å². The van der Waals surface area contributed by atoms with E-state index in [-0.39, 0.29) is 11.7 Å². The number of thioether (sulfide) groups is 1. The summed E-state index contributed by atoms with van der Waals surface area (Å²) in [5, 5.41) is 0.833. The molecule has 5 heteroatoms. The van der Waals surface area contributed by atoms with Crippen molar-refractivity contribution in [3.63, 3.8) is 0 Å². The molecule has 0 saturated heterocycles. The number of fused-ring (bicyclic) bond motifs is 1. The molecule has 0 atom stereocenters. The fourth-order valence-corrected chi connectivity index (χ4v) is 2.10. The fourth-order valence-electron chi connectivity index (χ4n) is 1.34. The van der Waals surface area contributed by atoms with E-state index in [0.29, 0.717) is 10.5 Å². The molecule has 17 heavy (non-hydrogen) atoms. The molecule has 88 valence electrons. The van der Waals surface area contributed by atoms with Crippen molar-refractivity contribution in [2.45, 2.75) is 4.90 Å². The number of esters is 1. The molecule has 0 amide bonds. The number of ether oxygens (including phenoxy) is 1. The minimum Gasteiger partial charge on any atom is -0.468 e. The first-order chi connectivity index (χ1) is 8.20. The van der Waals surface area contributed by atoms with E-state index in [1.54, 1.807) is 18.2 Å². The van der Waals surface area contributed by atoms with Crippen molar-refractivity contribution < 1.29 is 13.9 Å². The second-order valence-corrected chi connectivity index (χ2v) is 4.32. The molecule has 0 spiro atoms. The normalized spacial score (nSPS) is 10.4. The van der Waals surface area contributed by atoms with Gasteiger partial charge in [0.1, 0.15) is 5.58 Å². The Bertz CT molecular complexity index is 603. The molecule has 1 heterocycles. The summed E-state index contributed by atoms with van der Waals surface area (Å²) in [5.41, 5.74) is 0.109. The quantitative estimate of drug-likeness (QED) is 0.474. The van der Waals surface area contributed by atoms with E-state index in [1.165, 1.54) is 7.11 Å². The number of hydrogen-bond donors (Lipinski definition) is 0. The second-order valence-electron chi connectivity index (χ2n) is 3.30. The first-order valence-electron chi connectivity index (χ1n) is 4.93. The van der Waals surface area contributed by atoms with E-state index in [1.807, 2.05) is 12.1 Å². The fraction of sp³-hybridized carbons (Fsp3) is 0.167. The van der Waals surface area contributed by atoms with Crippen molar-refractivity contribution in [3.05, 3.63) is 40.8 Å². The zero-order valence-electron chi connectivity index (χ0n) is 9.14. The van der Waals surface area contributed by atoms with Gasteiger partial charge in [0, 0.05) is 5.39 Å². The van der Waals surface area contributed by atoms with Gasteiger partial charge in [0.05, 0.1) is 17.8 Å². The molecule has 2 rings (SSSR count). The topological polar surface area (TPSA) is 56.5 Å². The van der Waals surface area contributed by atoms with Gasteiger partial charge < -0.3 is 9.15 Å². The molecule has 0 aliphatic rings. The van der Waals surface area contributed by atoms with Crippen LogP contribution >= 0.6 is 11.8 Å². The average Bonchev–Trinajstić information content (AvgIpc) is 2.35. The van der Waals surface area contributed by atoms with Crippen molar-refractivity contribution in [1.82, 2.24) is 0 Å². The lowest BCUT2D eigenvalue weighted by molar-refractivity contribution is -0.137. The van der Waals surface area contributed by atoms with Gasteiger partial charge in [-0.3, -0.25) is 4.79 Å². The molecule has 4 nitrogen and oxygen atoms in total. The Morgan fingerprint density at radius 3 is 2.94 bits per heavy atom. The van der Waals surface area contributed by atoms with Crippen molar-refractivity contribution in [2.24, 2.45) is 0 Å². The lowest BCUT2D eigenvalue weighted by Gasteiger charge is -2.01. The molecule has 2 aromatic rings. The van der Waals surface area contributed by atoms with Crippen molar-refractivity contribution in [1.29, 1.82) is 0 Å². The van der Waals surface area contributed by atoms with Crippen LogP contribution in [0.2, 0.25) is 0 Å². The highest BCUT2D eigenvalue weighted by Crippen LogP contribution is 2.19. The highest BCUT2D eigenvalue weighted by Gasteiger charge is 2.08. The third kappa shape index (κ3) is 2.68. The smallest absolute Gasteiger partial charge is 0.350 e. The van der Waals surface area contributed by atoms with E-state index in [9.17, 15) is 9.59 Å². The van der Waals surface area contributed by atoms with Crippen LogP contribution in [0.1, 0.15) is 0 Å². The molecular formula is C12H10O4S. The van der Waals surface area contributed by atoms with E-state index in [2.05, 4.69) is 4.74 Å². The summed E-state index contributed by atoms with van der Waals surface area (Å²) in [5.74, 6) is -0.276. The van der Waals surface area contributed by atoms with Crippen molar-refractivity contribution in [3.8, 4) is 0 Å². The number of carbonyl (C=O) groups is 1. The summed E-state index contributed by atoms with van der Waals surface area (Å²) < 4.78 is 9.64. The number of rotatable bonds is 3. The lowest BCUT2D eigenvalue weighted by atomic mass is 10.2. The molecule has 0 radical (unpaired) electrons. The number of carbonyl (C=O) groups excluding carboxylic acids is 1. The van der Waals surface area contributed by atoms with Gasteiger partial charge in [0.25, 0.3) is 0 Å². The third-order valence-electron chi connectivity index (χ3n) is 2.18. The zero-order valence-corrected chi connectivity index (χ0v) is 9.95. The molecule has 1 aromatic heterocycles. The number of methoxy groups -OCH3 is 1. The predicted octanol–water partition coefficient (Wildman–Crippen LogP) is 2.06. The standard InChI is InChI=1S/C12H10O4S/c1-15-11(13)7-17-10-6-8-4-2-3-5-9(8)16-12(10)14/h2-6H,7H2,1H3. The SMILES string of the molecule is COC(=O)CSc1cc2ccccc2oc1=O. The average molecular weight is 250 g/mol. The van der Waals surface area contributed by atoms with Crippen LogP contribution in [0.3, 0.4) is 0 Å². The molecule has 0 unspecified atom stereocenters. The minimum absolute atomic E-state index is 0.0968. The van der Waals surface area contributed by atoms with Gasteiger partial charge in [0.2, 0.25) is 0 Å². The van der Waals surface area contributed by atoms with Crippen LogP contribution in [0, 0.1) is 0 Å². The van der Waals surface area contributed by atoms with E-state index < -0.39 is 5.63 Å². The Hall–Kier alpha value is -1.75. The Morgan fingerprint density at radius 2 is 2.18 bits per heavy atom. The summed E-state index contributed by atoms with van der Waals surface area (Å²) in [6.07, 6.45) is 0. The summed E-state index contributed by atoms with van der Waals surface area (Å²) in [7, 11) is 1.31. The maximum Gasteiger partial charge on any atom is 0.350 e. The van der Waals surface area contributed by atoms with Gasteiger partial charge in [-0.2, -0.15) is 0 Å². The van der Waals surface area contributed by atoms with Crippen molar-refractivity contribution in [2.75, 3.05) is 12.9 Å². The minimum atomic E-state index is -0.433. The van der Waals surface area contributed by atoms with Gasteiger partial charge in [-0.15, -0.1) is 11.8 Å². The molecular weight excluding hydrogens is 240 g/mol. The molecule has 0 aliphatic carbocycles. The third-order valence-corrected chi connectivity index (χ3v) is 3.16. The molecule has 0 bridgehead atoms. The number of para-hydroxylation sites is 1. The van der Waals surface area contributed by atoms with Crippen LogP contribution < -0.4 is 5.63 Å². The Balaban J connectivity index is 2.31. The van der Waals surface area contributed by atoms with Crippen LogP contribution in [0.4, 0.5) is 0 Å². The number of benzene rings is 1. The monoisotopic (exact) mass is 250 g/mol. The summed E-state index contributed by atoms with van der Waals surface area (Å²) >= 11 is 1.11. The molecule has 1 aromatic carbocycles. The first kappa shape index (κ1) is 11.7. The molecule has 0 fully saturated rings. The van der Waals surface area contributed by atoms with Gasteiger partial charge in [-0.25, -0.2) is 4.79 Å². The Morgan fingerprint density at radius 1 is 1.41 bits per heavy atom. The zero-order chi connectivity index (χ0) is 12.3. The van der Waals surface area contributed by atoms with Crippen LogP contribution in [-0.4, -0.2) is 18.8 Å². The van der Waals surface area contributed by atoms with E-state index >= 15 is 0 Å². The Labute approximate surface area is 102 Å². The van der Waals surface area contributed by atoms with Crippen LogP contribution in [0.5, 0.6) is 0 Å². The van der Waals surface area contributed by atoms with Crippen LogP contribution in [-0.2, 0) is 9.53 Å². The van der Waals surface area contributed by atoms with Gasteiger partial charge in [-0.1, -0.05) is 18.2 Å². The summed E-state index contributed by atoms with van der Waals surface area (Å²) in [4.78, 5) is 23.0. The predicted molar refractivity (Wildman–Crippen MR) is 65.2 cm³/mol. The van der Waals surface area contributed by atoms with Gasteiger partial charge in [-0.05, 0) is 12.1 Å². The van der Waals surface area contributed by atoms with E-state index in [4.69, 9.17) is 4.42 Å². The largest absolute Gasteiger partial charge is 0.468 e. The Kier molecular flexibility index (Phi) is 3.49. The summed E-state index contributed by atoms with van der Waals surface area (Å²) in [6, 6.07) is 8.95. The maximum atomic E-state index is 11.6. The molecule has 0 N–H and O–H groups in total. The van der Waals surface area contributed by atoms with E-state index in [0.717, 1.165) is 17.1 Å². The van der Waals surface area contributed by atoms with Gasteiger partial charge >= 0.3 is 11.6 Å². The van der Waals surface area contributed by atoms with Crippen LogP contribution in [0.25, 0.3) is 11.0 Å². The maximum absolute atomic E-state index is 11.6. The highest BCUT2D eigenvalue weighted by molar-refractivity contribution is 8.00. The summed E-state index contributed by atoms with van der Waals surface area (Å²) in [6.45, 7) is 0. The lowest BCUT2D eigenvalue weighted by Crippen LogP contribution is -2.07. The number of hydrogen-bond acceptors (Lipinski definition) is 5.